The molecule has 1 fully saturated rings. The van der Waals surface area contributed by atoms with Crippen LogP contribution in [-0.4, -0.2) is 17.7 Å². The van der Waals surface area contributed by atoms with Crippen molar-refractivity contribution in [3.05, 3.63) is 34.9 Å². The third-order valence-electron chi connectivity index (χ3n) is 3.71. The topological polar surface area (TPSA) is 32.3 Å². The lowest BCUT2D eigenvalue weighted by Gasteiger charge is -2.26. The van der Waals surface area contributed by atoms with E-state index >= 15 is 0 Å². The first-order valence-electron chi connectivity index (χ1n) is 6.65. The van der Waals surface area contributed by atoms with Gasteiger partial charge in [0.25, 0.3) is 0 Å². The van der Waals surface area contributed by atoms with E-state index in [0.29, 0.717) is 6.04 Å². The van der Waals surface area contributed by atoms with Gasteiger partial charge in [0.15, 0.2) is 0 Å². The quantitative estimate of drug-likeness (QED) is 0.841. The van der Waals surface area contributed by atoms with Gasteiger partial charge in [0.2, 0.25) is 0 Å². The third-order valence-corrected chi connectivity index (χ3v) is 3.71. The van der Waals surface area contributed by atoms with Crippen LogP contribution in [0.5, 0.6) is 0 Å². The fraction of sp³-hybridized carbons (Fsp3) is 0.600. The minimum Gasteiger partial charge on any atom is -0.388 e. The Morgan fingerprint density at radius 1 is 1.35 bits per heavy atom. The molecule has 1 aromatic carbocycles. The van der Waals surface area contributed by atoms with E-state index in [1.807, 2.05) is 0 Å². The molecule has 1 heterocycles. The number of hydrogen-bond acceptors (Lipinski definition) is 2. The molecular weight excluding hydrogens is 210 g/mol. The second-order valence-corrected chi connectivity index (χ2v) is 5.26. The lowest BCUT2D eigenvalue weighted by molar-refractivity contribution is 0.144. The van der Waals surface area contributed by atoms with Gasteiger partial charge in [0, 0.05) is 6.04 Å². The first-order valence-corrected chi connectivity index (χ1v) is 6.65. The minimum absolute atomic E-state index is 0.328. The number of rotatable bonds is 3. The van der Waals surface area contributed by atoms with Crippen LogP contribution in [-0.2, 0) is 0 Å². The van der Waals surface area contributed by atoms with Crippen molar-refractivity contribution in [3.8, 4) is 0 Å². The number of aryl methyl sites for hydroxylation is 2. The van der Waals surface area contributed by atoms with Crippen LogP contribution < -0.4 is 5.32 Å². The summed E-state index contributed by atoms with van der Waals surface area (Å²) in [6.07, 6.45) is 4.27. The Morgan fingerprint density at radius 2 is 2.18 bits per heavy atom. The summed E-state index contributed by atoms with van der Waals surface area (Å²) in [5, 5.41) is 13.8. The van der Waals surface area contributed by atoms with Crippen molar-refractivity contribution in [1.82, 2.24) is 5.32 Å². The summed E-state index contributed by atoms with van der Waals surface area (Å²) in [6, 6.07) is 6.80. The van der Waals surface area contributed by atoms with Crippen LogP contribution in [0.15, 0.2) is 18.2 Å². The van der Waals surface area contributed by atoms with Gasteiger partial charge in [0.05, 0.1) is 6.10 Å². The molecule has 1 aliphatic rings. The number of piperidine rings is 1. The Balaban J connectivity index is 2.02. The first-order chi connectivity index (χ1) is 8.16. The number of hydrogen-bond donors (Lipinski definition) is 2. The molecule has 0 amide bonds. The van der Waals surface area contributed by atoms with Gasteiger partial charge in [-0.15, -0.1) is 0 Å². The highest BCUT2D eigenvalue weighted by molar-refractivity contribution is 5.32. The molecule has 0 bridgehead atoms. The number of aliphatic hydroxyl groups excluding tert-OH is 1. The summed E-state index contributed by atoms with van der Waals surface area (Å²) in [5.41, 5.74) is 3.51. The van der Waals surface area contributed by atoms with Gasteiger partial charge in [-0.25, -0.2) is 0 Å². The first kappa shape index (κ1) is 12.6. The fourth-order valence-electron chi connectivity index (χ4n) is 2.64. The van der Waals surface area contributed by atoms with Crippen molar-refractivity contribution in [2.24, 2.45) is 0 Å². The normalized spacial score (nSPS) is 22.4. The Hall–Kier alpha value is -0.860. The maximum absolute atomic E-state index is 10.3. The summed E-state index contributed by atoms with van der Waals surface area (Å²) < 4.78 is 0. The zero-order valence-electron chi connectivity index (χ0n) is 10.9. The standard InChI is InChI=1S/C15H23NO/c1-11-6-7-12(2)14(9-11)15(17)10-13-5-3-4-8-16-13/h6-7,9,13,15-17H,3-5,8,10H2,1-2H3. The number of nitrogens with one attached hydrogen (secondary N) is 1. The molecule has 0 saturated carbocycles. The van der Waals surface area contributed by atoms with E-state index in [-0.39, 0.29) is 6.10 Å². The largest absolute Gasteiger partial charge is 0.388 e. The molecule has 2 nitrogen and oxygen atoms in total. The molecule has 0 aliphatic carbocycles. The van der Waals surface area contributed by atoms with Crippen molar-refractivity contribution in [2.75, 3.05) is 6.54 Å². The van der Waals surface area contributed by atoms with E-state index in [4.69, 9.17) is 0 Å². The van der Waals surface area contributed by atoms with Crippen LogP contribution in [0.3, 0.4) is 0 Å². The van der Waals surface area contributed by atoms with Gasteiger partial charge in [-0.05, 0) is 50.8 Å². The van der Waals surface area contributed by atoms with Crippen LogP contribution in [0.4, 0.5) is 0 Å². The van der Waals surface area contributed by atoms with Gasteiger partial charge >= 0.3 is 0 Å². The van der Waals surface area contributed by atoms with E-state index in [2.05, 4.69) is 37.4 Å². The number of aliphatic hydroxyl groups is 1. The van der Waals surface area contributed by atoms with Crippen molar-refractivity contribution in [1.29, 1.82) is 0 Å². The van der Waals surface area contributed by atoms with Crippen LogP contribution in [0.2, 0.25) is 0 Å². The summed E-state index contributed by atoms with van der Waals surface area (Å²) in [7, 11) is 0. The summed E-state index contributed by atoms with van der Waals surface area (Å²) in [4.78, 5) is 0. The van der Waals surface area contributed by atoms with Crippen molar-refractivity contribution in [2.45, 2.75) is 51.7 Å². The Morgan fingerprint density at radius 3 is 2.88 bits per heavy atom. The summed E-state index contributed by atoms with van der Waals surface area (Å²) in [6.45, 7) is 5.25. The fourth-order valence-corrected chi connectivity index (χ4v) is 2.64. The van der Waals surface area contributed by atoms with E-state index < -0.39 is 0 Å². The average molecular weight is 233 g/mol. The summed E-state index contributed by atoms with van der Waals surface area (Å²) in [5.74, 6) is 0. The van der Waals surface area contributed by atoms with E-state index in [0.717, 1.165) is 18.5 Å². The molecule has 0 radical (unpaired) electrons. The van der Waals surface area contributed by atoms with Crippen LogP contribution in [0.1, 0.15) is 48.5 Å². The smallest absolute Gasteiger partial charge is 0.0807 e. The van der Waals surface area contributed by atoms with Crippen LogP contribution >= 0.6 is 0 Å². The van der Waals surface area contributed by atoms with Crippen molar-refractivity contribution < 1.29 is 5.11 Å². The zero-order valence-corrected chi connectivity index (χ0v) is 10.9. The molecule has 2 unspecified atom stereocenters. The molecule has 2 N–H and O–H groups in total. The highest BCUT2D eigenvalue weighted by atomic mass is 16.3. The maximum atomic E-state index is 10.3. The molecule has 0 aromatic heterocycles. The maximum Gasteiger partial charge on any atom is 0.0807 e. The van der Waals surface area contributed by atoms with E-state index in [9.17, 15) is 5.11 Å². The molecule has 0 spiro atoms. The predicted octanol–water partition coefficient (Wildman–Crippen LogP) is 2.87. The molecule has 1 aliphatic heterocycles. The monoisotopic (exact) mass is 233 g/mol. The Bertz CT molecular complexity index is 369. The van der Waals surface area contributed by atoms with Gasteiger partial charge < -0.3 is 10.4 Å². The lowest BCUT2D eigenvalue weighted by Crippen LogP contribution is -2.35. The predicted molar refractivity (Wildman–Crippen MR) is 71.1 cm³/mol. The molecule has 1 aromatic rings. The van der Waals surface area contributed by atoms with Crippen molar-refractivity contribution >= 4 is 0 Å². The Kier molecular flexibility index (Phi) is 4.19. The van der Waals surface area contributed by atoms with E-state index in [1.165, 1.54) is 30.4 Å². The zero-order chi connectivity index (χ0) is 12.3. The SMILES string of the molecule is Cc1ccc(C)c(C(O)CC2CCCCN2)c1. The highest BCUT2D eigenvalue weighted by Crippen LogP contribution is 2.25. The minimum atomic E-state index is -0.328. The van der Waals surface area contributed by atoms with Gasteiger partial charge in [-0.3, -0.25) is 0 Å². The number of benzene rings is 1. The van der Waals surface area contributed by atoms with Crippen LogP contribution in [0, 0.1) is 13.8 Å². The third kappa shape index (κ3) is 3.30. The molecule has 2 atom stereocenters. The second kappa shape index (κ2) is 5.65. The van der Waals surface area contributed by atoms with Gasteiger partial charge in [-0.2, -0.15) is 0 Å². The van der Waals surface area contributed by atoms with Gasteiger partial charge in [0.1, 0.15) is 0 Å². The highest BCUT2D eigenvalue weighted by Gasteiger charge is 2.19. The molecule has 1 saturated heterocycles. The van der Waals surface area contributed by atoms with Crippen molar-refractivity contribution in [3.63, 3.8) is 0 Å². The van der Waals surface area contributed by atoms with Crippen LogP contribution in [0.25, 0.3) is 0 Å². The Labute approximate surface area is 104 Å². The van der Waals surface area contributed by atoms with Gasteiger partial charge in [-0.1, -0.05) is 30.2 Å². The molecular formula is C15H23NO. The summed E-state index contributed by atoms with van der Waals surface area (Å²) >= 11 is 0. The molecule has 2 rings (SSSR count). The average Bonchev–Trinajstić information content (AvgIpc) is 2.33. The lowest BCUT2D eigenvalue weighted by atomic mass is 9.93. The van der Waals surface area contributed by atoms with E-state index in [1.54, 1.807) is 0 Å². The molecule has 94 valence electrons. The molecule has 17 heavy (non-hydrogen) atoms. The molecule has 2 heteroatoms. The second-order valence-electron chi connectivity index (χ2n) is 5.26.